The number of benzene rings is 2. The summed E-state index contributed by atoms with van der Waals surface area (Å²) in [5, 5.41) is 24.1. The van der Waals surface area contributed by atoms with Gasteiger partial charge in [0.1, 0.15) is 0 Å². The molecule has 3 fully saturated rings. The molecule has 36 heavy (non-hydrogen) atoms. The molecule has 0 spiro atoms. The summed E-state index contributed by atoms with van der Waals surface area (Å²) in [4.78, 5) is 61.9. The van der Waals surface area contributed by atoms with Crippen molar-refractivity contribution in [1.82, 2.24) is 10.0 Å². The molecular formula is C23H18Br2N4O7. The summed E-state index contributed by atoms with van der Waals surface area (Å²) in [7, 11) is 0. The minimum atomic E-state index is -0.767. The van der Waals surface area contributed by atoms with E-state index >= 15 is 0 Å². The molecular weight excluding hydrogens is 604 g/mol. The maximum Gasteiger partial charge on any atom is 0.273 e. The van der Waals surface area contributed by atoms with Gasteiger partial charge in [-0.2, -0.15) is 5.01 Å². The number of imide groups is 1. The van der Waals surface area contributed by atoms with E-state index < -0.39 is 39.4 Å². The molecule has 2 aliphatic carbocycles. The van der Waals surface area contributed by atoms with Gasteiger partial charge in [0.15, 0.2) is 0 Å². The van der Waals surface area contributed by atoms with E-state index in [0.717, 1.165) is 16.1 Å². The van der Waals surface area contributed by atoms with Gasteiger partial charge in [-0.05, 0) is 29.9 Å². The summed E-state index contributed by atoms with van der Waals surface area (Å²) in [6.45, 7) is -0.235. The summed E-state index contributed by atoms with van der Waals surface area (Å²) >= 11 is 7.27. The zero-order chi connectivity index (χ0) is 25.9. The predicted octanol–water partition coefficient (Wildman–Crippen LogP) is 3.84. The summed E-state index contributed by atoms with van der Waals surface area (Å²) in [5.74, 6) is -3.02. The highest BCUT2D eigenvalue weighted by atomic mass is 79.9. The molecule has 1 saturated heterocycles. The molecule has 2 saturated carbocycles. The number of amides is 3. The topological polar surface area (TPSA) is 144 Å². The molecule has 1 heterocycles. The largest absolute Gasteiger partial charge is 0.273 e. The highest BCUT2D eigenvalue weighted by molar-refractivity contribution is 9.12. The Kier molecular flexibility index (Phi) is 6.15. The Labute approximate surface area is 221 Å². The van der Waals surface area contributed by atoms with E-state index in [1.165, 1.54) is 42.5 Å². The molecule has 2 bridgehead atoms. The van der Waals surface area contributed by atoms with Crippen LogP contribution in [0.4, 0.5) is 11.4 Å². The Morgan fingerprint density at radius 1 is 0.917 bits per heavy atom. The van der Waals surface area contributed by atoms with Crippen LogP contribution in [0.2, 0.25) is 0 Å². The minimum absolute atomic E-state index is 0.0102. The normalized spacial score (nSPS) is 28.3. The number of carbonyl (C=O) groups is 3. The van der Waals surface area contributed by atoms with Crippen LogP contribution in [0.5, 0.6) is 0 Å². The van der Waals surface area contributed by atoms with Crippen molar-refractivity contribution < 1.29 is 24.2 Å². The van der Waals surface area contributed by atoms with E-state index in [-0.39, 0.29) is 45.0 Å². The number of nitrogens with zero attached hydrogens (tertiary/aromatic N) is 4. The smallest absolute Gasteiger partial charge is 0.272 e. The summed E-state index contributed by atoms with van der Waals surface area (Å²) in [6, 6.07) is 10.4. The van der Waals surface area contributed by atoms with Crippen LogP contribution in [0.25, 0.3) is 0 Å². The quantitative estimate of drug-likeness (QED) is 0.206. The van der Waals surface area contributed by atoms with Crippen molar-refractivity contribution in [3.8, 4) is 0 Å². The maximum atomic E-state index is 13.6. The summed E-state index contributed by atoms with van der Waals surface area (Å²) < 4.78 is 0. The van der Waals surface area contributed by atoms with Crippen LogP contribution < -0.4 is 0 Å². The molecule has 3 aliphatic rings. The van der Waals surface area contributed by atoms with Gasteiger partial charge in [-0.1, -0.05) is 50.1 Å². The standard InChI is InChI=1S/C23H18Br2N4O7/c24-19-15-9-16(20(19)25)18-17(15)22(31)27(23(18)32)26(10-11-4-6-13(7-5-11)28(33)34)21(30)12-2-1-3-14(8-12)29(35)36/h1-8,15-20H,9-10H2/t15-,16-,17-,18+,19+,20+/m1/s1. The van der Waals surface area contributed by atoms with E-state index in [2.05, 4.69) is 31.9 Å². The Morgan fingerprint density at radius 3 is 2.00 bits per heavy atom. The number of rotatable bonds is 6. The number of hydrogen-bond donors (Lipinski definition) is 0. The third-order valence-corrected chi connectivity index (χ3v) is 10.4. The Balaban J connectivity index is 1.53. The number of nitro benzene ring substituents is 2. The molecule has 2 aromatic rings. The van der Waals surface area contributed by atoms with Crippen molar-refractivity contribution >= 4 is 61.0 Å². The number of hydrazine groups is 1. The van der Waals surface area contributed by atoms with Gasteiger partial charge in [-0.3, -0.25) is 34.6 Å². The third-order valence-electron chi connectivity index (χ3n) is 7.22. The third kappa shape index (κ3) is 3.81. The first-order chi connectivity index (χ1) is 17.1. The molecule has 0 unspecified atom stereocenters. The van der Waals surface area contributed by atoms with E-state index in [9.17, 15) is 34.6 Å². The molecule has 2 aromatic carbocycles. The molecule has 13 heteroatoms. The lowest BCUT2D eigenvalue weighted by molar-refractivity contribution is -0.385. The Morgan fingerprint density at radius 2 is 1.47 bits per heavy atom. The number of nitro groups is 2. The lowest BCUT2D eigenvalue weighted by atomic mass is 9.81. The van der Waals surface area contributed by atoms with Gasteiger partial charge in [0.05, 0.1) is 28.2 Å². The van der Waals surface area contributed by atoms with Gasteiger partial charge < -0.3 is 0 Å². The molecule has 1 aliphatic heterocycles. The van der Waals surface area contributed by atoms with E-state index in [4.69, 9.17) is 0 Å². The van der Waals surface area contributed by atoms with Crippen LogP contribution >= 0.6 is 31.9 Å². The molecule has 6 atom stereocenters. The second-order valence-corrected chi connectivity index (χ2v) is 11.2. The monoisotopic (exact) mass is 620 g/mol. The first-order valence-electron chi connectivity index (χ1n) is 11.1. The van der Waals surface area contributed by atoms with Crippen molar-refractivity contribution in [1.29, 1.82) is 0 Å². The second-order valence-electron chi connectivity index (χ2n) is 9.09. The van der Waals surface area contributed by atoms with Crippen LogP contribution in [-0.2, 0) is 16.1 Å². The van der Waals surface area contributed by atoms with Crippen molar-refractivity contribution in [2.45, 2.75) is 22.6 Å². The SMILES string of the molecule is O=C(c1cccc([N+](=O)[O-])c1)N(Cc1ccc([N+](=O)[O-])cc1)N1C(=O)[C@@H]2[C@H]3C[C@@H]([C@H](Br)[C@H]3Br)[C@@H]2C1=O. The summed E-state index contributed by atoms with van der Waals surface area (Å²) in [5.41, 5.74) is -0.0870. The first kappa shape index (κ1) is 24.5. The maximum absolute atomic E-state index is 13.6. The zero-order valence-corrected chi connectivity index (χ0v) is 21.6. The fraction of sp³-hybridized carbons (Fsp3) is 0.348. The van der Waals surface area contributed by atoms with Crippen molar-refractivity contribution in [2.75, 3.05) is 0 Å². The number of alkyl halides is 2. The fourth-order valence-electron chi connectivity index (χ4n) is 5.60. The number of hydrogen-bond acceptors (Lipinski definition) is 7. The van der Waals surface area contributed by atoms with E-state index in [1.54, 1.807) is 0 Å². The number of halogens is 2. The van der Waals surface area contributed by atoms with Gasteiger partial charge >= 0.3 is 0 Å². The Bertz CT molecular complexity index is 1270. The van der Waals surface area contributed by atoms with Gasteiger partial charge in [0.25, 0.3) is 29.1 Å². The first-order valence-corrected chi connectivity index (χ1v) is 12.9. The second kappa shape index (κ2) is 9.04. The number of non-ortho nitro benzene ring substituents is 2. The predicted molar refractivity (Wildman–Crippen MR) is 132 cm³/mol. The van der Waals surface area contributed by atoms with Crippen LogP contribution in [0.1, 0.15) is 22.3 Å². The molecule has 186 valence electrons. The average molecular weight is 622 g/mol. The Hall–Kier alpha value is -3.19. The van der Waals surface area contributed by atoms with E-state index in [0.29, 0.717) is 12.0 Å². The van der Waals surface area contributed by atoms with E-state index in [1.807, 2.05) is 0 Å². The van der Waals surface area contributed by atoms with Crippen molar-refractivity contribution in [3.63, 3.8) is 0 Å². The highest BCUT2D eigenvalue weighted by Crippen LogP contribution is 2.60. The zero-order valence-electron chi connectivity index (χ0n) is 18.4. The molecule has 0 N–H and O–H groups in total. The van der Waals surface area contributed by atoms with Gasteiger partial charge in [0, 0.05) is 39.5 Å². The number of fused-ring (bicyclic) bond motifs is 5. The van der Waals surface area contributed by atoms with Crippen LogP contribution in [0, 0.1) is 43.9 Å². The lowest BCUT2D eigenvalue weighted by Crippen LogP contribution is -2.50. The fourth-order valence-corrected chi connectivity index (χ4v) is 7.48. The molecule has 0 radical (unpaired) electrons. The lowest BCUT2D eigenvalue weighted by Gasteiger charge is -2.31. The van der Waals surface area contributed by atoms with Gasteiger partial charge in [0.2, 0.25) is 0 Å². The number of carbonyl (C=O) groups excluding carboxylic acids is 3. The average Bonchev–Trinajstić information content (AvgIpc) is 3.47. The van der Waals surface area contributed by atoms with Gasteiger partial charge in [-0.25, -0.2) is 5.01 Å². The molecule has 11 nitrogen and oxygen atoms in total. The highest BCUT2D eigenvalue weighted by Gasteiger charge is 2.67. The molecule has 3 amide bonds. The van der Waals surface area contributed by atoms with Gasteiger partial charge in [-0.15, -0.1) is 0 Å². The van der Waals surface area contributed by atoms with Crippen LogP contribution in [0.3, 0.4) is 0 Å². The summed E-state index contributed by atoms with van der Waals surface area (Å²) in [6.07, 6.45) is 0.716. The van der Waals surface area contributed by atoms with Crippen LogP contribution in [0.15, 0.2) is 48.5 Å². The van der Waals surface area contributed by atoms with Crippen molar-refractivity contribution in [2.24, 2.45) is 23.7 Å². The molecule has 0 aromatic heterocycles. The van der Waals surface area contributed by atoms with Crippen LogP contribution in [-0.4, -0.2) is 47.2 Å². The molecule has 5 rings (SSSR count). The van der Waals surface area contributed by atoms with Crippen molar-refractivity contribution in [3.05, 3.63) is 79.9 Å². The minimum Gasteiger partial charge on any atom is -0.272 e.